The number of hydrogen-bond acceptors (Lipinski definition) is 2. The van der Waals surface area contributed by atoms with E-state index >= 15 is 0 Å². The summed E-state index contributed by atoms with van der Waals surface area (Å²) in [6, 6.07) is 4.24. The van der Waals surface area contributed by atoms with Crippen molar-refractivity contribution in [2.45, 2.75) is 13.0 Å². The van der Waals surface area contributed by atoms with E-state index in [1.165, 1.54) is 12.1 Å². The zero-order valence-corrected chi connectivity index (χ0v) is 11.7. The predicted molar refractivity (Wildman–Crippen MR) is 74.6 cm³/mol. The van der Waals surface area contributed by atoms with Crippen LogP contribution in [0.15, 0.2) is 18.2 Å². The first-order valence-electron chi connectivity index (χ1n) is 6.43. The van der Waals surface area contributed by atoms with E-state index in [9.17, 15) is 9.18 Å². The summed E-state index contributed by atoms with van der Waals surface area (Å²) in [7, 11) is 0. The van der Waals surface area contributed by atoms with Gasteiger partial charge in [0, 0.05) is 17.4 Å². The molecule has 1 atom stereocenters. The monoisotopic (exact) mass is 296 g/mol. The van der Waals surface area contributed by atoms with Gasteiger partial charge in [0.25, 0.3) is 5.91 Å². The van der Waals surface area contributed by atoms with Gasteiger partial charge in [0.05, 0.1) is 24.3 Å². The molecule has 0 aliphatic carbocycles. The Kier molecular flexibility index (Phi) is 3.40. The van der Waals surface area contributed by atoms with Gasteiger partial charge in [-0.3, -0.25) is 4.79 Å². The summed E-state index contributed by atoms with van der Waals surface area (Å²) >= 11 is 6.21. The SMILES string of the molecule is C[C@@H]1COCCN1C(=O)c1[nH]c2ccc(F)cc2c1Cl. The third-order valence-electron chi connectivity index (χ3n) is 3.54. The Labute approximate surface area is 120 Å². The number of halogens is 2. The summed E-state index contributed by atoms with van der Waals surface area (Å²) in [5.41, 5.74) is 0.960. The van der Waals surface area contributed by atoms with Crippen LogP contribution in [0.4, 0.5) is 4.39 Å². The number of carbonyl (C=O) groups is 1. The number of hydrogen-bond donors (Lipinski definition) is 1. The zero-order chi connectivity index (χ0) is 14.3. The van der Waals surface area contributed by atoms with Crippen LogP contribution in [0.3, 0.4) is 0 Å². The number of amides is 1. The molecule has 4 nitrogen and oxygen atoms in total. The van der Waals surface area contributed by atoms with Crippen molar-refractivity contribution < 1.29 is 13.9 Å². The second-order valence-electron chi connectivity index (χ2n) is 4.93. The van der Waals surface area contributed by atoms with Crippen molar-refractivity contribution in [2.24, 2.45) is 0 Å². The Morgan fingerprint density at radius 3 is 3.10 bits per heavy atom. The standard InChI is InChI=1S/C14H14ClFN2O2/c1-8-7-20-5-4-18(8)14(19)13-12(15)10-6-9(16)2-3-11(10)17-13/h2-3,6,8,17H,4-5,7H2,1H3/t8-/m1/s1. The van der Waals surface area contributed by atoms with Crippen LogP contribution >= 0.6 is 11.6 Å². The van der Waals surface area contributed by atoms with Crippen LogP contribution in [-0.4, -0.2) is 41.6 Å². The lowest BCUT2D eigenvalue weighted by molar-refractivity contribution is 0.00333. The maximum absolute atomic E-state index is 13.3. The van der Waals surface area contributed by atoms with Gasteiger partial charge in [0.1, 0.15) is 11.5 Å². The van der Waals surface area contributed by atoms with E-state index < -0.39 is 0 Å². The van der Waals surface area contributed by atoms with E-state index in [4.69, 9.17) is 16.3 Å². The van der Waals surface area contributed by atoms with E-state index in [2.05, 4.69) is 4.98 Å². The average Bonchev–Trinajstić information content (AvgIpc) is 2.76. The first kappa shape index (κ1) is 13.4. The van der Waals surface area contributed by atoms with Gasteiger partial charge in [-0.2, -0.15) is 0 Å². The molecular formula is C14H14ClFN2O2. The summed E-state index contributed by atoms with van der Waals surface area (Å²) < 4.78 is 18.6. The van der Waals surface area contributed by atoms with Crippen molar-refractivity contribution in [2.75, 3.05) is 19.8 Å². The lowest BCUT2D eigenvalue weighted by Crippen LogP contribution is -2.47. The topological polar surface area (TPSA) is 45.3 Å². The number of rotatable bonds is 1. The van der Waals surface area contributed by atoms with Crippen LogP contribution in [0.5, 0.6) is 0 Å². The van der Waals surface area contributed by atoms with Crippen molar-refractivity contribution in [1.29, 1.82) is 0 Å². The normalized spacial score (nSPS) is 19.6. The minimum Gasteiger partial charge on any atom is -0.377 e. The molecule has 0 unspecified atom stereocenters. The fourth-order valence-electron chi connectivity index (χ4n) is 2.45. The van der Waals surface area contributed by atoms with Crippen molar-refractivity contribution >= 4 is 28.4 Å². The Bertz CT molecular complexity index is 670. The number of morpholine rings is 1. The minimum absolute atomic E-state index is 0.00420. The predicted octanol–water partition coefficient (Wildman–Crippen LogP) is 2.82. The van der Waals surface area contributed by atoms with Crippen LogP contribution in [0.1, 0.15) is 17.4 Å². The lowest BCUT2D eigenvalue weighted by Gasteiger charge is -2.33. The van der Waals surface area contributed by atoms with E-state index in [-0.39, 0.29) is 22.8 Å². The van der Waals surface area contributed by atoms with E-state index in [0.29, 0.717) is 36.4 Å². The van der Waals surface area contributed by atoms with E-state index in [1.807, 2.05) is 6.92 Å². The van der Waals surface area contributed by atoms with Gasteiger partial charge < -0.3 is 14.6 Å². The number of benzene rings is 1. The Hall–Kier alpha value is -1.59. The maximum Gasteiger partial charge on any atom is 0.272 e. The summed E-state index contributed by atoms with van der Waals surface area (Å²) in [5, 5.41) is 0.791. The highest BCUT2D eigenvalue weighted by Gasteiger charge is 2.28. The quantitative estimate of drug-likeness (QED) is 0.879. The molecule has 0 bridgehead atoms. The molecule has 1 aliphatic rings. The average molecular weight is 297 g/mol. The largest absolute Gasteiger partial charge is 0.377 e. The second-order valence-corrected chi connectivity index (χ2v) is 5.30. The molecule has 3 rings (SSSR count). The van der Waals surface area contributed by atoms with Crippen molar-refractivity contribution in [3.05, 3.63) is 34.7 Å². The minimum atomic E-state index is -0.378. The number of H-pyrrole nitrogens is 1. The highest BCUT2D eigenvalue weighted by molar-refractivity contribution is 6.38. The molecule has 0 radical (unpaired) electrons. The molecular weight excluding hydrogens is 283 g/mol. The maximum atomic E-state index is 13.3. The summed E-state index contributed by atoms with van der Waals surface area (Å²) in [4.78, 5) is 17.2. The Morgan fingerprint density at radius 1 is 1.55 bits per heavy atom. The number of nitrogens with zero attached hydrogens (tertiary/aromatic N) is 1. The molecule has 2 aromatic rings. The molecule has 2 heterocycles. The number of ether oxygens (including phenoxy) is 1. The van der Waals surface area contributed by atoms with Gasteiger partial charge in [0.15, 0.2) is 0 Å². The summed E-state index contributed by atoms with van der Waals surface area (Å²) in [6.07, 6.45) is 0. The fraction of sp³-hybridized carbons (Fsp3) is 0.357. The van der Waals surface area contributed by atoms with Crippen molar-refractivity contribution in [1.82, 2.24) is 9.88 Å². The fourth-order valence-corrected chi connectivity index (χ4v) is 2.74. The van der Waals surface area contributed by atoms with Gasteiger partial charge in [-0.05, 0) is 25.1 Å². The van der Waals surface area contributed by atoms with Crippen LogP contribution in [0.2, 0.25) is 5.02 Å². The molecule has 1 fully saturated rings. The highest BCUT2D eigenvalue weighted by atomic mass is 35.5. The third kappa shape index (κ3) is 2.17. The zero-order valence-electron chi connectivity index (χ0n) is 11.0. The summed E-state index contributed by atoms with van der Waals surface area (Å²) in [6.45, 7) is 3.48. The van der Waals surface area contributed by atoms with E-state index in [0.717, 1.165) is 0 Å². The van der Waals surface area contributed by atoms with Gasteiger partial charge in [-0.1, -0.05) is 11.6 Å². The molecule has 1 amide bonds. The molecule has 1 aromatic carbocycles. The van der Waals surface area contributed by atoms with Crippen molar-refractivity contribution in [3.8, 4) is 0 Å². The molecule has 1 aromatic heterocycles. The number of nitrogens with one attached hydrogen (secondary N) is 1. The van der Waals surface area contributed by atoms with Crippen LogP contribution in [0.25, 0.3) is 10.9 Å². The number of aromatic amines is 1. The summed E-state index contributed by atoms with van der Waals surface area (Å²) in [5.74, 6) is -0.556. The molecule has 0 spiro atoms. The first-order chi connectivity index (χ1) is 9.58. The van der Waals surface area contributed by atoms with Gasteiger partial charge >= 0.3 is 0 Å². The van der Waals surface area contributed by atoms with Crippen LogP contribution in [-0.2, 0) is 4.74 Å². The number of fused-ring (bicyclic) bond motifs is 1. The first-order valence-corrected chi connectivity index (χ1v) is 6.81. The van der Waals surface area contributed by atoms with Gasteiger partial charge in [-0.25, -0.2) is 4.39 Å². The Morgan fingerprint density at radius 2 is 2.35 bits per heavy atom. The van der Waals surface area contributed by atoms with Crippen molar-refractivity contribution in [3.63, 3.8) is 0 Å². The van der Waals surface area contributed by atoms with Gasteiger partial charge in [0.2, 0.25) is 0 Å². The van der Waals surface area contributed by atoms with Crippen LogP contribution < -0.4 is 0 Å². The second kappa shape index (κ2) is 5.07. The smallest absolute Gasteiger partial charge is 0.272 e. The molecule has 20 heavy (non-hydrogen) atoms. The molecule has 1 N–H and O–H groups in total. The number of aromatic nitrogens is 1. The number of carbonyl (C=O) groups excluding carboxylic acids is 1. The lowest BCUT2D eigenvalue weighted by atomic mass is 10.2. The third-order valence-corrected chi connectivity index (χ3v) is 3.93. The highest BCUT2D eigenvalue weighted by Crippen LogP contribution is 2.29. The molecule has 0 saturated carbocycles. The van der Waals surface area contributed by atoms with Gasteiger partial charge in [-0.15, -0.1) is 0 Å². The Balaban J connectivity index is 2.01. The van der Waals surface area contributed by atoms with Crippen LogP contribution in [0, 0.1) is 5.82 Å². The van der Waals surface area contributed by atoms with E-state index in [1.54, 1.807) is 11.0 Å². The molecule has 6 heteroatoms. The molecule has 106 valence electrons. The molecule has 1 saturated heterocycles. The molecule has 1 aliphatic heterocycles.